The number of carboxylic acid groups (broad SMARTS) is 2. The number of carboxylic acids is 2. The second-order valence-electron chi connectivity index (χ2n) is 7.26. The van der Waals surface area contributed by atoms with E-state index in [-0.39, 0.29) is 18.6 Å². The molecular formula is C21H32O6. The molecule has 5 atom stereocenters. The van der Waals surface area contributed by atoms with Gasteiger partial charge in [0.2, 0.25) is 0 Å². The van der Waals surface area contributed by atoms with Crippen LogP contribution in [0.1, 0.15) is 58.8 Å². The Balaban J connectivity index is 3.01. The number of carbonyl (C=O) groups excluding carboxylic acids is 1. The molecule has 6 heteroatoms. The fraction of sp³-hybridized carbons (Fsp3) is 0.667. The molecule has 0 amide bonds. The molecule has 1 saturated carbocycles. The van der Waals surface area contributed by atoms with Crippen LogP contribution in [0.25, 0.3) is 0 Å². The van der Waals surface area contributed by atoms with Gasteiger partial charge in [-0.3, -0.25) is 14.4 Å². The Morgan fingerprint density at radius 3 is 2.48 bits per heavy atom. The van der Waals surface area contributed by atoms with E-state index in [0.717, 1.165) is 19.3 Å². The summed E-state index contributed by atoms with van der Waals surface area (Å²) >= 11 is 0. The highest BCUT2D eigenvalue weighted by Gasteiger charge is 2.49. The average Bonchev–Trinajstić information content (AvgIpc) is 2.93. The van der Waals surface area contributed by atoms with Gasteiger partial charge in [0, 0.05) is 18.3 Å². The van der Waals surface area contributed by atoms with Crippen LogP contribution in [-0.2, 0) is 14.4 Å². The van der Waals surface area contributed by atoms with Crippen LogP contribution in [0.5, 0.6) is 0 Å². The fourth-order valence-electron chi connectivity index (χ4n) is 3.81. The van der Waals surface area contributed by atoms with Gasteiger partial charge in [-0.15, -0.1) is 0 Å². The van der Waals surface area contributed by atoms with Crippen molar-refractivity contribution in [3.05, 3.63) is 24.3 Å². The van der Waals surface area contributed by atoms with Crippen LogP contribution in [0, 0.1) is 23.7 Å². The van der Waals surface area contributed by atoms with Crippen molar-refractivity contribution >= 4 is 17.7 Å². The molecule has 1 aliphatic carbocycles. The number of aliphatic hydroxyl groups excluding tert-OH is 1. The summed E-state index contributed by atoms with van der Waals surface area (Å²) in [6.45, 7) is 3.90. The highest BCUT2D eigenvalue weighted by atomic mass is 16.4. The van der Waals surface area contributed by atoms with Crippen molar-refractivity contribution in [3.63, 3.8) is 0 Å². The number of carbonyl (C=O) groups is 3. The minimum atomic E-state index is -1.10. The Morgan fingerprint density at radius 2 is 1.93 bits per heavy atom. The molecule has 5 unspecified atom stereocenters. The molecule has 0 aliphatic heterocycles. The summed E-state index contributed by atoms with van der Waals surface area (Å²) in [5, 5.41) is 29.2. The van der Waals surface area contributed by atoms with Crippen molar-refractivity contribution in [1.82, 2.24) is 0 Å². The SMILES string of the molecule is C/C=C/CCC(C(=O)O)C1C(=O)CC(C(=O)O)C1/C=C/C(O)CCCCC. The molecule has 1 aliphatic rings. The third-order valence-corrected chi connectivity index (χ3v) is 5.28. The lowest BCUT2D eigenvalue weighted by Gasteiger charge is -2.24. The molecule has 0 aromatic heterocycles. The van der Waals surface area contributed by atoms with Crippen molar-refractivity contribution in [1.29, 1.82) is 0 Å². The van der Waals surface area contributed by atoms with Gasteiger partial charge in [0.05, 0.1) is 17.9 Å². The van der Waals surface area contributed by atoms with E-state index >= 15 is 0 Å². The number of allylic oxidation sites excluding steroid dienone is 3. The number of hydrogen-bond acceptors (Lipinski definition) is 4. The summed E-state index contributed by atoms with van der Waals surface area (Å²) in [5.41, 5.74) is 0. The maximum absolute atomic E-state index is 12.5. The van der Waals surface area contributed by atoms with E-state index in [4.69, 9.17) is 0 Å². The average molecular weight is 380 g/mol. The number of ketones is 1. The zero-order valence-electron chi connectivity index (χ0n) is 16.2. The molecule has 6 nitrogen and oxygen atoms in total. The number of hydrogen-bond donors (Lipinski definition) is 3. The number of unbranched alkanes of at least 4 members (excludes halogenated alkanes) is 2. The van der Waals surface area contributed by atoms with Gasteiger partial charge in [-0.1, -0.05) is 50.5 Å². The zero-order chi connectivity index (χ0) is 20.4. The molecule has 0 saturated heterocycles. The van der Waals surface area contributed by atoms with E-state index in [1.807, 2.05) is 19.1 Å². The fourth-order valence-corrected chi connectivity index (χ4v) is 3.81. The topological polar surface area (TPSA) is 112 Å². The van der Waals surface area contributed by atoms with Crippen molar-refractivity contribution < 1.29 is 29.7 Å². The van der Waals surface area contributed by atoms with Gasteiger partial charge < -0.3 is 15.3 Å². The van der Waals surface area contributed by atoms with E-state index in [0.29, 0.717) is 12.8 Å². The van der Waals surface area contributed by atoms with Crippen LogP contribution in [0.15, 0.2) is 24.3 Å². The molecule has 3 N–H and O–H groups in total. The summed E-state index contributed by atoms with van der Waals surface area (Å²) < 4.78 is 0. The quantitative estimate of drug-likeness (QED) is 0.353. The lowest BCUT2D eigenvalue weighted by Crippen LogP contribution is -2.32. The molecular weight excluding hydrogens is 348 g/mol. The molecule has 1 fully saturated rings. The maximum atomic E-state index is 12.5. The number of Topliss-reactive ketones (excluding diaryl/α,β-unsaturated/α-hetero) is 1. The smallest absolute Gasteiger partial charge is 0.307 e. The van der Waals surface area contributed by atoms with Crippen LogP contribution >= 0.6 is 0 Å². The van der Waals surface area contributed by atoms with E-state index in [1.54, 1.807) is 6.08 Å². The first-order chi connectivity index (χ1) is 12.8. The molecule has 0 heterocycles. The highest BCUT2D eigenvalue weighted by molar-refractivity contribution is 5.93. The molecule has 1 rings (SSSR count). The summed E-state index contributed by atoms with van der Waals surface area (Å²) in [7, 11) is 0. The van der Waals surface area contributed by atoms with Gasteiger partial charge >= 0.3 is 11.9 Å². The number of aliphatic hydroxyl groups is 1. The molecule has 0 aromatic rings. The summed E-state index contributed by atoms with van der Waals surface area (Å²) in [5.74, 6) is -5.93. The van der Waals surface area contributed by atoms with E-state index in [2.05, 4.69) is 6.92 Å². The first kappa shape index (κ1) is 23.1. The molecule has 0 aromatic carbocycles. The lowest BCUT2D eigenvalue weighted by molar-refractivity contribution is -0.148. The predicted molar refractivity (Wildman–Crippen MR) is 102 cm³/mol. The Labute approximate surface area is 161 Å². The maximum Gasteiger partial charge on any atom is 0.307 e. The second-order valence-corrected chi connectivity index (χ2v) is 7.26. The highest BCUT2D eigenvalue weighted by Crippen LogP contribution is 2.42. The predicted octanol–water partition coefficient (Wildman–Crippen LogP) is 3.45. The number of aliphatic carboxylic acids is 2. The third kappa shape index (κ3) is 6.94. The molecule has 0 spiro atoms. The Hall–Kier alpha value is -1.95. The van der Waals surface area contributed by atoms with Crippen LogP contribution in [0.4, 0.5) is 0 Å². The van der Waals surface area contributed by atoms with Crippen LogP contribution in [0.3, 0.4) is 0 Å². The Bertz CT molecular complexity index is 565. The molecule has 152 valence electrons. The Kier molecular flexibility index (Phi) is 10.0. The monoisotopic (exact) mass is 380 g/mol. The molecule has 27 heavy (non-hydrogen) atoms. The van der Waals surface area contributed by atoms with Crippen molar-refractivity contribution in [3.8, 4) is 0 Å². The van der Waals surface area contributed by atoms with Gasteiger partial charge in [0.25, 0.3) is 0 Å². The standard InChI is InChI=1S/C21H32O6/c1-3-5-7-9-14(22)11-12-15-17(21(26)27)13-18(23)19(15)16(20(24)25)10-8-6-4-2/h4,6,11-12,14-17,19,22H,3,5,7-10,13H2,1-2H3,(H,24,25)(H,26,27)/b6-4+,12-11+. The second kappa shape index (κ2) is 11.7. The number of rotatable bonds is 12. The van der Waals surface area contributed by atoms with Gasteiger partial charge in [-0.25, -0.2) is 0 Å². The summed E-state index contributed by atoms with van der Waals surface area (Å²) in [6.07, 6.45) is 10.1. The lowest BCUT2D eigenvalue weighted by atomic mass is 9.78. The first-order valence-electron chi connectivity index (χ1n) is 9.79. The van der Waals surface area contributed by atoms with Gasteiger partial charge in [-0.05, 0) is 26.2 Å². The van der Waals surface area contributed by atoms with Gasteiger partial charge in [0.15, 0.2) is 0 Å². The van der Waals surface area contributed by atoms with E-state index in [9.17, 15) is 29.7 Å². The minimum Gasteiger partial charge on any atom is -0.481 e. The summed E-state index contributed by atoms with van der Waals surface area (Å²) in [6, 6.07) is 0. The van der Waals surface area contributed by atoms with Crippen LogP contribution < -0.4 is 0 Å². The first-order valence-corrected chi connectivity index (χ1v) is 9.79. The largest absolute Gasteiger partial charge is 0.481 e. The molecule has 0 bridgehead atoms. The van der Waals surface area contributed by atoms with Crippen molar-refractivity contribution in [2.45, 2.75) is 64.9 Å². The van der Waals surface area contributed by atoms with Gasteiger partial charge in [-0.2, -0.15) is 0 Å². The van der Waals surface area contributed by atoms with Gasteiger partial charge in [0.1, 0.15) is 5.78 Å². The summed E-state index contributed by atoms with van der Waals surface area (Å²) in [4.78, 5) is 35.9. The van der Waals surface area contributed by atoms with Crippen molar-refractivity contribution in [2.24, 2.45) is 23.7 Å². The molecule has 0 radical (unpaired) electrons. The normalized spacial score (nSPS) is 25.3. The third-order valence-electron chi connectivity index (χ3n) is 5.28. The van der Waals surface area contributed by atoms with Crippen LogP contribution in [-0.4, -0.2) is 39.1 Å². The van der Waals surface area contributed by atoms with Crippen LogP contribution in [0.2, 0.25) is 0 Å². The Morgan fingerprint density at radius 1 is 1.22 bits per heavy atom. The van der Waals surface area contributed by atoms with Crippen molar-refractivity contribution in [2.75, 3.05) is 0 Å². The zero-order valence-corrected chi connectivity index (χ0v) is 16.2. The van der Waals surface area contributed by atoms with E-state index < -0.39 is 41.7 Å². The van der Waals surface area contributed by atoms with E-state index in [1.165, 1.54) is 6.08 Å². The minimum absolute atomic E-state index is 0.158.